The number of carbonyl (C=O) groups is 1. The maximum atomic E-state index is 10.2. The van der Waals surface area contributed by atoms with E-state index in [0.29, 0.717) is 11.3 Å². The lowest BCUT2D eigenvalue weighted by atomic mass is 9.79. The third-order valence-electron chi connectivity index (χ3n) is 2.65. The van der Waals surface area contributed by atoms with Gasteiger partial charge in [-0.1, -0.05) is 34.6 Å². The Morgan fingerprint density at radius 2 is 1.69 bits per heavy atom. The van der Waals surface area contributed by atoms with Gasteiger partial charge in [-0.3, -0.25) is 0 Å². The molecule has 0 saturated carbocycles. The number of carbonyl (C=O) groups excluding carboxylic acids is 1. The van der Waals surface area contributed by atoms with Crippen LogP contribution in [0.15, 0.2) is 0 Å². The lowest BCUT2D eigenvalue weighted by molar-refractivity contribution is -0.108. The van der Waals surface area contributed by atoms with Crippen molar-refractivity contribution in [3.8, 4) is 0 Å². The zero-order chi connectivity index (χ0) is 10.5. The molecule has 0 aliphatic rings. The van der Waals surface area contributed by atoms with Crippen LogP contribution in [0.1, 0.15) is 53.9 Å². The van der Waals surface area contributed by atoms with Crippen LogP contribution in [0.3, 0.4) is 0 Å². The van der Waals surface area contributed by atoms with Crippen LogP contribution in [-0.2, 0) is 4.79 Å². The molecular formula is C12H24O. The largest absolute Gasteiger partial charge is 0.303 e. The van der Waals surface area contributed by atoms with Gasteiger partial charge >= 0.3 is 0 Å². The Morgan fingerprint density at radius 3 is 2.08 bits per heavy atom. The lowest BCUT2D eigenvalue weighted by Crippen LogP contribution is -2.16. The van der Waals surface area contributed by atoms with Crippen molar-refractivity contribution in [3.63, 3.8) is 0 Å². The summed E-state index contributed by atoms with van der Waals surface area (Å²) in [6, 6.07) is 0. The zero-order valence-corrected chi connectivity index (χ0v) is 9.76. The summed E-state index contributed by atoms with van der Waals surface area (Å²) in [6.07, 6.45) is 4.03. The third-order valence-corrected chi connectivity index (χ3v) is 2.65. The van der Waals surface area contributed by atoms with Crippen molar-refractivity contribution in [1.82, 2.24) is 0 Å². The molecule has 0 amide bonds. The first-order chi connectivity index (χ1) is 5.87. The van der Waals surface area contributed by atoms with Gasteiger partial charge in [0.15, 0.2) is 0 Å². The van der Waals surface area contributed by atoms with Crippen LogP contribution in [0.25, 0.3) is 0 Å². The monoisotopic (exact) mass is 184 g/mol. The summed E-state index contributed by atoms with van der Waals surface area (Å²) in [4.78, 5) is 10.2. The van der Waals surface area contributed by atoms with Crippen LogP contribution < -0.4 is 0 Å². The molecule has 2 unspecified atom stereocenters. The van der Waals surface area contributed by atoms with Crippen LogP contribution in [0.2, 0.25) is 0 Å². The molecule has 0 aromatic heterocycles. The predicted molar refractivity (Wildman–Crippen MR) is 57.7 cm³/mol. The van der Waals surface area contributed by atoms with E-state index in [0.717, 1.165) is 25.0 Å². The standard InChI is InChI=1S/C12H24O/c1-10(7-6-8-13)11(2)9-12(3,4)5/h8,10-11H,6-7,9H2,1-5H3. The first-order valence-corrected chi connectivity index (χ1v) is 5.30. The fourth-order valence-corrected chi connectivity index (χ4v) is 1.78. The molecule has 0 aliphatic carbocycles. The predicted octanol–water partition coefficient (Wildman–Crippen LogP) is 3.67. The molecule has 0 N–H and O–H groups in total. The molecule has 1 heteroatoms. The maximum Gasteiger partial charge on any atom is 0.120 e. The Balaban J connectivity index is 3.81. The van der Waals surface area contributed by atoms with Gasteiger partial charge < -0.3 is 4.79 Å². The third kappa shape index (κ3) is 6.80. The molecule has 0 heterocycles. The van der Waals surface area contributed by atoms with Crippen molar-refractivity contribution in [2.45, 2.75) is 53.9 Å². The van der Waals surface area contributed by atoms with E-state index in [4.69, 9.17) is 0 Å². The van der Waals surface area contributed by atoms with Gasteiger partial charge in [-0.15, -0.1) is 0 Å². The summed E-state index contributed by atoms with van der Waals surface area (Å²) < 4.78 is 0. The number of rotatable bonds is 5. The van der Waals surface area contributed by atoms with Crippen molar-refractivity contribution in [1.29, 1.82) is 0 Å². The lowest BCUT2D eigenvalue weighted by Gasteiger charge is -2.27. The van der Waals surface area contributed by atoms with Gasteiger partial charge in [-0.25, -0.2) is 0 Å². The molecule has 13 heavy (non-hydrogen) atoms. The first kappa shape index (κ1) is 12.7. The van der Waals surface area contributed by atoms with E-state index < -0.39 is 0 Å². The Morgan fingerprint density at radius 1 is 1.15 bits per heavy atom. The first-order valence-electron chi connectivity index (χ1n) is 5.30. The smallest absolute Gasteiger partial charge is 0.120 e. The van der Waals surface area contributed by atoms with E-state index in [-0.39, 0.29) is 0 Å². The van der Waals surface area contributed by atoms with E-state index in [2.05, 4.69) is 34.6 Å². The number of hydrogen-bond donors (Lipinski definition) is 0. The molecule has 0 bridgehead atoms. The topological polar surface area (TPSA) is 17.1 Å². The molecular weight excluding hydrogens is 160 g/mol. The van der Waals surface area contributed by atoms with Gasteiger partial charge in [0.05, 0.1) is 0 Å². The van der Waals surface area contributed by atoms with E-state index in [1.165, 1.54) is 6.42 Å². The quantitative estimate of drug-likeness (QED) is 0.596. The van der Waals surface area contributed by atoms with Gasteiger partial charge in [0.25, 0.3) is 0 Å². The Bertz CT molecular complexity index is 144. The highest BCUT2D eigenvalue weighted by Crippen LogP contribution is 2.30. The van der Waals surface area contributed by atoms with Crippen LogP contribution in [0, 0.1) is 17.3 Å². The molecule has 0 aliphatic heterocycles. The highest BCUT2D eigenvalue weighted by atomic mass is 16.1. The second kappa shape index (κ2) is 5.41. The summed E-state index contributed by atoms with van der Waals surface area (Å²) in [6.45, 7) is 11.4. The van der Waals surface area contributed by atoms with Gasteiger partial charge in [-0.05, 0) is 30.1 Å². The molecule has 0 fully saturated rings. The Kier molecular flexibility index (Phi) is 5.27. The number of aldehydes is 1. The van der Waals surface area contributed by atoms with Crippen molar-refractivity contribution in [3.05, 3.63) is 0 Å². The van der Waals surface area contributed by atoms with Gasteiger partial charge in [0.1, 0.15) is 6.29 Å². The molecule has 0 aromatic carbocycles. The molecule has 0 radical (unpaired) electrons. The van der Waals surface area contributed by atoms with Crippen LogP contribution in [0.4, 0.5) is 0 Å². The Hall–Kier alpha value is -0.330. The molecule has 78 valence electrons. The van der Waals surface area contributed by atoms with Crippen LogP contribution >= 0.6 is 0 Å². The van der Waals surface area contributed by atoms with Gasteiger partial charge in [0, 0.05) is 6.42 Å². The highest BCUT2D eigenvalue weighted by Gasteiger charge is 2.19. The molecule has 0 aromatic rings. The van der Waals surface area contributed by atoms with E-state index in [1.807, 2.05) is 0 Å². The summed E-state index contributed by atoms with van der Waals surface area (Å²) >= 11 is 0. The second-order valence-electron chi connectivity index (χ2n) is 5.46. The molecule has 2 atom stereocenters. The van der Waals surface area contributed by atoms with Gasteiger partial charge in [-0.2, -0.15) is 0 Å². The molecule has 1 nitrogen and oxygen atoms in total. The fourth-order valence-electron chi connectivity index (χ4n) is 1.78. The van der Waals surface area contributed by atoms with E-state index in [9.17, 15) is 4.79 Å². The highest BCUT2D eigenvalue weighted by molar-refractivity contribution is 5.49. The van der Waals surface area contributed by atoms with E-state index in [1.54, 1.807) is 0 Å². The number of hydrogen-bond acceptors (Lipinski definition) is 1. The molecule has 0 saturated heterocycles. The molecule has 0 spiro atoms. The summed E-state index contributed by atoms with van der Waals surface area (Å²) in [5.74, 6) is 1.39. The van der Waals surface area contributed by atoms with Crippen molar-refractivity contribution in [2.75, 3.05) is 0 Å². The zero-order valence-electron chi connectivity index (χ0n) is 9.76. The minimum atomic E-state index is 0.412. The minimum Gasteiger partial charge on any atom is -0.303 e. The minimum absolute atomic E-state index is 0.412. The van der Waals surface area contributed by atoms with Crippen molar-refractivity contribution >= 4 is 6.29 Å². The fraction of sp³-hybridized carbons (Fsp3) is 0.917. The summed E-state index contributed by atoms with van der Waals surface area (Å²) in [5.41, 5.74) is 0.412. The van der Waals surface area contributed by atoms with Crippen LogP contribution in [-0.4, -0.2) is 6.29 Å². The normalized spacial score (nSPS) is 16.7. The van der Waals surface area contributed by atoms with Crippen molar-refractivity contribution < 1.29 is 4.79 Å². The summed E-state index contributed by atoms with van der Waals surface area (Å²) in [7, 11) is 0. The average Bonchev–Trinajstić information content (AvgIpc) is 1.96. The van der Waals surface area contributed by atoms with Gasteiger partial charge in [0.2, 0.25) is 0 Å². The second-order valence-corrected chi connectivity index (χ2v) is 5.46. The molecule has 0 rings (SSSR count). The maximum absolute atomic E-state index is 10.2. The SMILES string of the molecule is CC(CCC=O)C(C)CC(C)(C)C. The summed E-state index contributed by atoms with van der Waals surface area (Å²) in [5, 5.41) is 0. The van der Waals surface area contributed by atoms with Crippen molar-refractivity contribution in [2.24, 2.45) is 17.3 Å². The Labute approximate surface area is 82.9 Å². The average molecular weight is 184 g/mol. The van der Waals surface area contributed by atoms with E-state index >= 15 is 0 Å². The van der Waals surface area contributed by atoms with Crippen LogP contribution in [0.5, 0.6) is 0 Å².